The van der Waals surface area contributed by atoms with Gasteiger partial charge in [0.05, 0.1) is 137 Å². The molecule has 0 aromatic carbocycles. The summed E-state index contributed by atoms with van der Waals surface area (Å²) in [5.74, 6) is -0.0867. The Bertz CT molecular complexity index is 2690. The summed E-state index contributed by atoms with van der Waals surface area (Å²) in [6.45, 7) is 19.4. The molecule has 596 valence electrons. The number of likely N-dealkylation sites (tertiary alicyclic amines) is 3. The number of rotatable bonds is 45. The highest BCUT2D eigenvalue weighted by molar-refractivity contribution is 6.21. The van der Waals surface area contributed by atoms with Crippen molar-refractivity contribution in [3.8, 4) is 6.07 Å². The van der Waals surface area contributed by atoms with Gasteiger partial charge in [0.1, 0.15) is 6.04 Å². The van der Waals surface area contributed by atoms with Crippen LogP contribution in [0.1, 0.15) is 148 Å². The molecule has 6 heterocycles. The van der Waals surface area contributed by atoms with E-state index >= 15 is 0 Å². The van der Waals surface area contributed by atoms with E-state index in [1.165, 1.54) is 37.0 Å². The normalized spacial score (nSPS) is 32.0. The van der Waals surface area contributed by atoms with Gasteiger partial charge in [-0.25, -0.2) is 9.18 Å². The van der Waals surface area contributed by atoms with Crippen LogP contribution in [-0.2, 0) is 66.5 Å². The lowest BCUT2D eigenvalue weighted by Crippen LogP contribution is -2.74. The summed E-state index contributed by atoms with van der Waals surface area (Å²) in [7, 11) is 0. The number of imide groups is 1. The van der Waals surface area contributed by atoms with E-state index in [0.29, 0.717) is 195 Å². The third kappa shape index (κ3) is 26.3. The minimum atomic E-state index is -0.986. The fourth-order valence-electron chi connectivity index (χ4n) is 18.7. The van der Waals surface area contributed by atoms with E-state index in [2.05, 4.69) is 53.9 Å². The molecule has 0 bridgehead atoms. The molecule has 26 nitrogen and oxygen atoms in total. The van der Waals surface area contributed by atoms with E-state index in [0.717, 1.165) is 122 Å². The number of hydrogen-bond donors (Lipinski definition) is 5. The predicted octanol–water partition coefficient (Wildman–Crippen LogP) is 6.30. The molecular formula is C76H126Cl2FN11O15. The summed E-state index contributed by atoms with van der Waals surface area (Å²) in [6.07, 6.45) is 21.1. The first-order valence-electron chi connectivity index (χ1n) is 40.4. The van der Waals surface area contributed by atoms with Crippen LogP contribution in [0.15, 0.2) is 12.4 Å². The van der Waals surface area contributed by atoms with Gasteiger partial charge in [-0.2, -0.15) is 5.26 Å². The molecule has 4 aliphatic carbocycles. The maximum atomic E-state index is 14.2. The van der Waals surface area contributed by atoms with Crippen LogP contribution in [0.25, 0.3) is 0 Å². The number of ether oxygens (including phenoxy) is 10. The van der Waals surface area contributed by atoms with Gasteiger partial charge < -0.3 is 67.8 Å². The van der Waals surface area contributed by atoms with Crippen LogP contribution in [0, 0.1) is 52.8 Å². The Kier molecular flexibility index (Phi) is 36.6. The number of nitriles is 1. The Morgan fingerprint density at radius 3 is 1.94 bits per heavy atom. The lowest BCUT2D eigenvalue weighted by molar-refractivity contribution is -0.144. The van der Waals surface area contributed by atoms with Gasteiger partial charge in [-0.15, -0.1) is 23.2 Å². The Balaban J connectivity index is 0.468. The maximum absolute atomic E-state index is 14.2. The van der Waals surface area contributed by atoms with Gasteiger partial charge in [0.25, 0.3) is 5.91 Å². The van der Waals surface area contributed by atoms with Crippen molar-refractivity contribution in [1.29, 1.82) is 5.26 Å². The summed E-state index contributed by atoms with van der Waals surface area (Å²) in [5, 5.41) is 26.6. The predicted molar refractivity (Wildman–Crippen MR) is 393 cm³/mol. The first-order valence-corrected chi connectivity index (χ1v) is 41.2. The third-order valence-electron chi connectivity index (χ3n) is 24.1. The number of unbranched alkanes of at least 4 members (excludes halogenated alkanes) is 2. The Labute approximate surface area is 633 Å². The molecule has 0 aromatic rings. The van der Waals surface area contributed by atoms with Crippen LogP contribution in [0.5, 0.6) is 0 Å². The Morgan fingerprint density at radius 1 is 0.629 bits per heavy atom. The van der Waals surface area contributed by atoms with Crippen LogP contribution in [0.3, 0.4) is 0 Å². The summed E-state index contributed by atoms with van der Waals surface area (Å²) < 4.78 is 72.3. The van der Waals surface area contributed by atoms with Crippen molar-refractivity contribution < 1.29 is 75.7 Å². The lowest BCUT2D eigenvalue weighted by Gasteiger charge is -2.56. The molecule has 17 atom stereocenters. The molecule has 0 aromatic heterocycles. The van der Waals surface area contributed by atoms with Crippen LogP contribution in [0.4, 0.5) is 9.18 Å². The minimum absolute atomic E-state index is 0.0267. The first-order chi connectivity index (χ1) is 51.3. The molecule has 6 aliphatic heterocycles. The van der Waals surface area contributed by atoms with Crippen molar-refractivity contribution in [2.75, 3.05) is 184 Å². The maximum Gasteiger partial charge on any atom is 0.315 e. The molecule has 15 unspecified atom stereocenters. The molecule has 5 N–H and O–H groups in total. The van der Waals surface area contributed by atoms with Gasteiger partial charge >= 0.3 is 6.03 Å². The standard InChI is InChI=1S/C76H126Cl2FN11O15/c1-54(79)73(93)89-28-27-88(51-60(89)21-23-80)71-63-22-26-87(67-14-6-11-57-10-5-13-64(78)70(57)67)52-66(63)83-76(85-71)105-53-61-12-7-24-86(61)25-8-30-97-32-34-99-36-38-101-40-42-103-44-46-104-45-43-102-41-39-100-37-35-98-33-31-96-29-4-2-3-9-56-16-17-59(77)48-65(56)82-75(95)81-49-55-15-18-62-58(47-55)50-90(74(62)94)68-19-20-69(91)84-72(68)92/h55-68,70-71,76,83,85H,1-22,24-53H2,(H2,81,82,95)(H,84,91,92)/t55?,56?,57?,58?,59?,60-,61-,62?,63?,64?,65?,66?,67?,68?,70?,71?,76?/m0/s1. The fourth-order valence-corrected chi connectivity index (χ4v) is 19.5. The molecule has 29 heteroatoms. The molecule has 0 radical (unpaired) electrons. The topological polar surface area (TPSA) is 278 Å². The highest BCUT2D eigenvalue weighted by Crippen LogP contribution is 2.46. The molecule has 6 amide bonds. The quantitative estimate of drug-likeness (QED) is 0.0194. The number of piperidine rings is 2. The molecule has 4 saturated carbocycles. The van der Waals surface area contributed by atoms with Gasteiger partial charge in [0.2, 0.25) is 17.7 Å². The molecule has 10 aliphatic rings. The van der Waals surface area contributed by atoms with Crippen LogP contribution >= 0.6 is 23.2 Å². The molecule has 105 heavy (non-hydrogen) atoms. The number of amides is 6. The number of nitrogens with one attached hydrogen (secondary N) is 5. The number of halogens is 3. The second-order valence-corrected chi connectivity index (χ2v) is 32.1. The van der Waals surface area contributed by atoms with E-state index in [9.17, 15) is 33.6 Å². The van der Waals surface area contributed by atoms with Crippen LogP contribution < -0.4 is 26.6 Å². The second-order valence-electron chi connectivity index (χ2n) is 30.9. The lowest BCUT2D eigenvalue weighted by atomic mass is 9.67. The monoisotopic (exact) mass is 1520 g/mol. The molecular weight excluding hydrogens is 1400 g/mol. The Morgan fingerprint density at radius 2 is 1.29 bits per heavy atom. The number of hydrogen-bond acceptors (Lipinski definition) is 21. The highest BCUT2D eigenvalue weighted by atomic mass is 35.5. The number of carbonyl (C=O) groups is 5. The average molecular weight is 1520 g/mol. The van der Waals surface area contributed by atoms with Gasteiger partial charge in [-0.3, -0.25) is 49.8 Å². The summed E-state index contributed by atoms with van der Waals surface area (Å²) in [4.78, 5) is 74.2. The van der Waals surface area contributed by atoms with E-state index in [4.69, 9.17) is 70.6 Å². The number of nitrogens with zero attached hydrogens (tertiary/aromatic N) is 6. The Hall–Kier alpha value is -3.51. The van der Waals surface area contributed by atoms with Gasteiger partial charge in [0.15, 0.2) is 12.2 Å². The summed E-state index contributed by atoms with van der Waals surface area (Å²) >= 11 is 13.7. The van der Waals surface area contributed by atoms with Gasteiger partial charge in [-0.1, -0.05) is 45.1 Å². The molecule has 10 rings (SSSR count). The number of urea groups is 1. The van der Waals surface area contributed by atoms with E-state index < -0.39 is 23.8 Å². The van der Waals surface area contributed by atoms with Crippen molar-refractivity contribution >= 4 is 52.9 Å². The van der Waals surface area contributed by atoms with E-state index in [1.807, 2.05) is 0 Å². The second kappa shape index (κ2) is 45.7. The number of alkyl halides is 2. The summed E-state index contributed by atoms with van der Waals surface area (Å²) in [6, 6.07) is 2.10. The van der Waals surface area contributed by atoms with Gasteiger partial charge in [0, 0.05) is 112 Å². The summed E-state index contributed by atoms with van der Waals surface area (Å²) in [5.41, 5.74) is 0. The minimum Gasteiger partial charge on any atom is -0.379 e. The number of fused-ring (bicyclic) bond motifs is 3. The van der Waals surface area contributed by atoms with Crippen LogP contribution in [-0.4, -0.2) is 298 Å². The smallest absolute Gasteiger partial charge is 0.315 e. The van der Waals surface area contributed by atoms with Crippen molar-refractivity contribution in [3.05, 3.63) is 12.4 Å². The average Bonchev–Trinajstić information content (AvgIpc) is 1.21. The van der Waals surface area contributed by atoms with Crippen LogP contribution in [0.2, 0.25) is 0 Å². The first kappa shape index (κ1) is 84.0. The zero-order valence-electron chi connectivity index (χ0n) is 62.5. The zero-order valence-corrected chi connectivity index (χ0v) is 64.0. The van der Waals surface area contributed by atoms with Crippen molar-refractivity contribution in [3.63, 3.8) is 0 Å². The van der Waals surface area contributed by atoms with Crippen molar-refractivity contribution in [2.24, 2.45) is 41.4 Å². The SMILES string of the molecule is C=C(F)C(=O)N1CCN(C2NC(OC[C@@H]3CCCN3CCCOCCOCCOCCOCCOCCOCCOCCOCCOCCCCCC3CCC(Cl)CC3NC(=O)NCC3CCC4C(=O)N(C5CCC(=O)NC5=O)CC4C3)NC3CN(C4CCCC5CCCC(Cl)C54)CCC32)C[C@@H]1CC#N. The third-order valence-corrected chi connectivity index (χ3v) is 25.0. The molecule has 10 fully saturated rings. The molecule has 0 spiro atoms. The number of piperazine rings is 1. The fraction of sp³-hybridized carbons (Fsp3) is 0.895. The zero-order chi connectivity index (χ0) is 73.5. The molecule has 6 saturated heterocycles. The van der Waals surface area contributed by atoms with Gasteiger partial charge in [-0.05, 0) is 139 Å². The van der Waals surface area contributed by atoms with E-state index in [1.54, 1.807) is 4.90 Å². The number of carbonyl (C=O) groups excluding carboxylic acids is 5. The van der Waals surface area contributed by atoms with E-state index in [-0.39, 0.29) is 95.6 Å². The van der Waals surface area contributed by atoms with Crippen molar-refractivity contribution in [1.82, 2.24) is 51.1 Å². The van der Waals surface area contributed by atoms with Crippen molar-refractivity contribution in [2.45, 2.75) is 207 Å². The highest BCUT2D eigenvalue weighted by Gasteiger charge is 2.51. The largest absolute Gasteiger partial charge is 0.379 e.